The van der Waals surface area contributed by atoms with Crippen molar-refractivity contribution in [1.82, 2.24) is 15.7 Å². The molecule has 9 atom stereocenters. The zero-order chi connectivity index (χ0) is 38.0. The number of benzene rings is 3. The standard InChI is InChI=1S/C43H58N4O6/c1-7-33(18-27-12-9-8-10-13-27)45-41(50)31-17-28(22-44)16-30(19-31)34-15-11-14-29(40(34)52-6)23-47-39(38(26(3)49)37(24-48)53-47)42(51)46-36-21-32-20-35(25(36)2)43(32,4)5/h8-17,19,25-26,32-33,35-39,48-49H,7,18,20-24,44H2,1-6H3,(H,45,50)(H,46,51)/t25-,26-,32-,33+,35+,36-,37-,38+,39-/m0/s1. The molecule has 2 amide bonds. The smallest absolute Gasteiger partial charge is 0.251 e. The van der Waals surface area contributed by atoms with Crippen molar-refractivity contribution in [3.63, 3.8) is 0 Å². The van der Waals surface area contributed by atoms with Gasteiger partial charge >= 0.3 is 0 Å². The molecule has 10 heteroatoms. The largest absolute Gasteiger partial charge is 0.496 e. The predicted octanol–water partition coefficient (Wildman–Crippen LogP) is 5.23. The van der Waals surface area contributed by atoms with E-state index >= 15 is 0 Å². The minimum atomic E-state index is -0.902. The molecule has 6 N–H and O–H groups in total. The van der Waals surface area contributed by atoms with Crippen LogP contribution >= 0.6 is 0 Å². The highest BCUT2D eigenvalue weighted by molar-refractivity contribution is 5.96. The van der Waals surface area contributed by atoms with Crippen LogP contribution in [0.5, 0.6) is 5.75 Å². The lowest BCUT2D eigenvalue weighted by molar-refractivity contribution is -0.183. The summed E-state index contributed by atoms with van der Waals surface area (Å²) < 4.78 is 6.04. The van der Waals surface area contributed by atoms with Crippen molar-refractivity contribution in [3.05, 3.63) is 89.0 Å². The highest BCUT2D eigenvalue weighted by atomic mass is 16.7. The average Bonchev–Trinajstić information content (AvgIpc) is 3.53. The van der Waals surface area contributed by atoms with Gasteiger partial charge < -0.3 is 31.3 Å². The minimum Gasteiger partial charge on any atom is -0.496 e. The monoisotopic (exact) mass is 726 g/mol. The molecule has 3 aliphatic carbocycles. The molecule has 286 valence electrons. The van der Waals surface area contributed by atoms with E-state index in [0.29, 0.717) is 29.1 Å². The van der Waals surface area contributed by atoms with Crippen molar-refractivity contribution >= 4 is 11.8 Å². The Morgan fingerprint density at radius 3 is 2.45 bits per heavy atom. The summed E-state index contributed by atoms with van der Waals surface area (Å²) in [5.41, 5.74) is 11.2. The SMILES string of the molecule is CC[C@H](Cc1ccccc1)NC(=O)c1cc(CN)cc(-c2cccc(CN3O[C@@H](CO)[C@@H]([C@H](C)O)[C@H]3C(=O)N[C@H]3C[C@@H]4C[C@H]([C@@H]3C)C4(C)C)c2OC)c1. The summed E-state index contributed by atoms with van der Waals surface area (Å²) in [4.78, 5) is 34.2. The lowest BCUT2D eigenvalue weighted by atomic mass is 9.45. The van der Waals surface area contributed by atoms with Gasteiger partial charge in [-0.1, -0.05) is 76.2 Å². The number of aliphatic hydroxyl groups excluding tert-OH is 2. The van der Waals surface area contributed by atoms with Crippen molar-refractivity contribution in [2.24, 2.45) is 34.8 Å². The first kappa shape index (κ1) is 38.9. The first-order valence-corrected chi connectivity index (χ1v) is 19.3. The van der Waals surface area contributed by atoms with Gasteiger partial charge in [0.15, 0.2) is 0 Å². The molecule has 4 fully saturated rings. The Morgan fingerprint density at radius 2 is 1.83 bits per heavy atom. The Morgan fingerprint density at radius 1 is 1.08 bits per heavy atom. The number of ether oxygens (including phenoxy) is 1. The zero-order valence-electron chi connectivity index (χ0n) is 32.0. The van der Waals surface area contributed by atoms with Gasteiger partial charge in [-0.15, -0.1) is 0 Å². The maximum Gasteiger partial charge on any atom is 0.251 e. The molecule has 3 saturated carbocycles. The predicted molar refractivity (Wildman–Crippen MR) is 206 cm³/mol. The van der Waals surface area contributed by atoms with Gasteiger partial charge in [0.1, 0.15) is 17.9 Å². The molecule has 7 rings (SSSR count). The number of hydrogen-bond donors (Lipinski definition) is 5. The van der Waals surface area contributed by atoms with Crippen LogP contribution in [-0.2, 0) is 29.1 Å². The molecule has 4 aliphatic rings. The molecule has 0 radical (unpaired) electrons. The fraction of sp³-hybridized carbons (Fsp3) is 0.535. The highest BCUT2D eigenvalue weighted by Gasteiger charge is 2.57. The van der Waals surface area contributed by atoms with Crippen molar-refractivity contribution < 1.29 is 29.4 Å². The second kappa shape index (κ2) is 16.3. The second-order valence-corrected chi connectivity index (χ2v) is 16.1. The van der Waals surface area contributed by atoms with Gasteiger partial charge in [0, 0.05) is 41.2 Å². The third-order valence-electron chi connectivity index (χ3n) is 12.6. The Kier molecular flexibility index (Phi) is 12.0. The van der Waals surface area contributed by atoms with Crippen LogP contribution in [-0.4, -0.2) is 71.1 Å². The number of para-hydroxylation sites is 1. The number of hydrogen-bond acceptors (Lipinski definition) is 8. The quantitative estimate of drug-likeness (QED) is 0.152. The zero-order valence-corrected chi connectivity index (χ0v) is 32.0. The first-order valence-electron chi connectivity index (χ1n) is 19.3. The number of methoxy groups -OCH3 is 1. The average molecular weight is 727 g/mol. The number of aliphatic hydroxyl groups is 2. The molecular weight excluding hydrogens is 668 g/mol. The van der Waals surface area contributed by atoms with Crippen LogP contribution in [0.3, 0.4) is 0 Å². The number of rotatable bonds is 14. The number of nitrogens with zero attached hydrogens (tertiary/aromatic N) is 1. The molecule has 0 aromatic heterocycles. The maximum absolute atomic E-state index is 14.2. The van der Waals surface area contributed by atoms with Gasteiger partial charge in [-0.3, -0.25) is 14.4 Å². The fourth-order valence-electron chi connectivity index (χ4n) is 9.39. The minimum absolute atomic E-state index is 0.0361. The van der Waals surface area contributed by atoms with Crippen LogP contribution in [0.1, 0.15) is 80.9 Å². The molecule has 1 saturated heterocycles. The van der Waals surface area contributed by atoms with Gasteiger partial charge in [0.05, 0.1) is 26.4 Å². The van der Waals surface area contributed by atoms with Gasteiger partial charge in [0.25, 0.3) is 5.91 Å². The Bertz CT molecular complexity index is 1750. The van der Waals surface area contributed by atoms with Gasteiger partial charge in [-0.2, -0.15) is 5.06 Å². The van der Waals surface area contributed by atoms with Crippen LogP contribution < -0.4 is 21.1 Å². The van der Waals surface area contributed by atoms with Crippen molar-refractivity contribution in [3.8, 4) is 16.9 Å². The number of hydroxylamine groups is 2. The van der Waals surface area contributed by atoms with E-state index in [1.165, 1.54) is 6.42 Å². The van der Waals surface area contributed by atoms with Crippen molar-refractivity contribution in [2.45, 2.75) is 104 Å². The van der Waals surface area contributed by atoms with Crippen LogP contribution in [0, 0.1) is 29.1 Å². The van der Waals surface area contributed by atoms with E-state index in [-0.39, 0.29) is 49.0 Å². The molecule has 53 heavy (non-hydrogen) atoms. The summed E-state index contributed by atoms with van der Waals surface area (Å²) >= 11 is 0. The number of nitrogens with one attached hydrogen (secondary N) is 2. The van der Waals surface area contributed by atoms with Crippen molar-refractivity contribution in [1.29, 1.82) is 0 Å². The number of carbonyl (C=O) groups is 2. The molecule has 3 aromatic rings. The van der Waals surface area contributed by atoms with E-state index in [2.05, 4.69) is 50.5 Å². The molecule has 10 nitrogen and oxygen atoms in total. The Balaban J connectivity index is 1.26. The summed E-state index contributed by atoms with van der Waals surface area (Å²) in [7, 11) is 1.60. The van der Waals surface area contributed by atoms with E-state index in [9.17, 15) is 19.8 Å². The second-order valence-electron chi connectivity index (χ2n) is 16.1. The van der Waals surface area contributed by atoms with Gasteiger partial charge in [-0.25, -0.2) is 0 Å². The molecule has 0 unspecified atom stereocenters. The molecule has 1 heterocycles. The van der Waals surface area contributed by atoms with Crippen molar-refractivity contribution in [2.75, 3.05) is 13.7 Å². The highest BCUT2D eigenvalue weighted by Crippen LogP contribution is 2.61. The molecule has 3 aromatic carbocycles. The van der Waals surface area contributed by atoms with Crippen LogP contribution in [0.25, 0.3) is 11.1 Å². The number of amides is 2. The van der Waals surface area contributed by atoms with Gasteiger partial charge in [0.2, 0.25) is 5.91 Å². The normalized spacial score (nSPS) is 27.4. The van der Waals surface area contributed by atoms with Crippen LogP contribution in [0.4, 0.5) is 0 Å². The van der Waals surface area contributed by atoms with E-state index in [4.69, 9.17) is 15.3 Å². The molecular formula is C43H58N4O6. The third kappa shape index (κ3) is 7.89. The van der Waals surface area contributed by atoms with Crippen LogP contribution in [0.2, 0.25) is 0 Å². The van der Waals surface area contributed by atoms with E-state index in [0.717, 1.165) is 47.1 Å². The molecule has 1 aliphatic heterocycles. The summed E-state index contributed by atoms with van der Waals surface area (Å²) in [6, 6.07) is 20.7. The Hall–Kier alpha value is -3.80. The maximum atomic E-state index is 14.2. The number of nitrogens with two attached hydrogens (primary N) is 1. The summed E-state index contributed by atoms with van der Waals surface area (Å²) in [5, 5.41) is 29.4. The lowest BCUT2D eigenvalue weighted by Crippen LogP contribution is -2.62. The van der Waals surface area contributed by atoms with E-state index in [1.807, 2.05) is 54.6 Å². The van der Waals surface area contributed by atoms with Gasteiger partial charge in [-0.05, 0) is 90.7 Å². The molecule has 0 spiro atoms. The fourth-order valence-corrected chi connectivity index (χ4v) is 9.39. The van der Waals surface area contributed by atoms with E-state index in [1.54, 1.807) is 19.1 Å². The lowest BCUT2D eigenvalue weighted by Gasteiger charge is -2.62. The molecule has 2 bridgehead atoms. The topological polar surface area (TPSA) is 146 Å². The third-order valence-corrected chi connectivity index (χ3v) is 12.6. The number of carbonyl (C=O) groups excluding carboxylic acids is 2. The Labute approximate surface area is 314 Å². The first-order chi connectivity index (χ1) is 25.4. The summed E-state index contributed by atoms with van der Waals surface area (Å²) in [5.74, 6) is 0.997. The van der Waals surface area contributed by atoms with E-state index < -0.39 is 24.2 Å². The summed E-state index contributed by atoms with van der Waals surface area (Å²) in [6.07, 6.45) is 1.98. The van der Waals surface area contributed by atoms with Crippen LogP contribution in [0.15, 0.2) is 66.7 Å². The summed E-state index contributed by atoms with van der Waals surface area (Å²) in [6.45, 7) is 10.7. The number of fused-ring (bicyclic) bond motifs is 2.